The van der Waals surface area contributed by atoms with Crippen LogP contribution in [0.3, 0.4) is 0 Å². The Bertz CT molecular complexity index is 264. The number of piperidine rings is 1. The number of hydrogen-bond acceptors (Lipinski definition) is 3. The highest BCUT2D eigenvalue weighted by Gasteiger charge is 2.34. The molecule has 1 aliphatic heterocycles. The Labute approximate surface area is 80.6 Å². The predicted molar refractivity (Wildman–Crippen MR) is 47.7 cm³/mol. The molecule has 0 bridgehead atoms. The normalized spacial score (nSPS) is 32.1. The molecule has 14 heavy (non-hydrogen) atoms. The molecule has 78 valence electrons. The van der Waals surface area contributed by atoms with Gasteiger partial charge < -0.3 is 15.1 Å². The molecule has 1 aliphatic rings. The van der Waals surface area contributed by atoms with Gasteiger partial charge >= 0.3 is 6.09 Å². The second-order valence-corrected chi connectivity index (χ2v) is 3.43. The lowest BCUT2D eigenvalue weighted by atomic mass is 9.92. The van der Waals surface area contributed by atoms with Crippen molar-refractivity contribution in [1.82, 2.24) is 4.90 Å². The van der Waals surface area contributed by atoms with E-state index < -0.39 is 18.2 Å². The predicted octanol–water partition coefficient (Wildman–Crippen LogP) is 0.656. The zero-order chi connectivity index (χ0) is 10.7. The molecule has 0 spiro atoms. The summed E-state index contributed by atoms with van der Waals surface area (Å²) in [7, 11) is 0. The van der Waals surface area contributed by atoms with Crippen LogP contribution in [0.4, 0.5) is 4.79 Å². The number of rotatable bonds is 1. The number of carbonyl (C=O) groups is 1. The summed E-state index contributed by atoms with van der Waals surface area (Å²) in [6.45, 7) is 2.04. The van der Waals surface area contributed by atoms with Crippen molar-refractivity contribution in [2.75, 3.05) is 13.1 Å². The Morgan fingerprint density at radius 1 is 1.64 bits per heavy atom. The van der Waals surface area contributed by atoms with E-state index in [4.69, 9.17) is 10.6 Å². The smallest absolute Gasteiger partial charge is 0.407 e. The number of nitrogens with zero attached hydrogens (tertiary/aromatic N) is 4. The molecular weight excluding hydrogens is 188 g/mol. The van der Waals surface area contributed by atoms with Crippen molar-refractivity contribution in [3.05, 3.63) is 10.4 Å². The lowest BCUT2D eigenvalue weighted by Gasteiger charge is -2.36. The minimum Gasteiger partial charge on any atom is -0.465 e. The van der Waals surface area contributed by atoms with E-state index in [-0.39, 0.29) is 19.0 Å². The Kier molecular flexibility index (Phi) is 3.16. The summed E-state index contributed by atoms with van der Waals surface area (Å²) in [4.78, 5) is 14.4. The van der Waals surface area contributed by atoms with Gasteiger partial charge in [0.1, 0.15) is 0 Å². The topological polar surface area (TPSA) is 110 Å². The van der Waals surface area contributed by atoms with Crippen molar-refractivity contribution in [3.63, 3.8) is 0 Å². The number of aliphatic hydroxyl groups excluding tert-OH is 1. The summed E-state index contributed by atoms with van der Waals surface area (Å²) in [5.74, 6) is -0.161. The highest BCUT2D eigenvalue weighted by molar-refractivity contribution is 5.65. The second kappa shape index (κ2) is 4.17. The van der Waals surface area contributed by atoms with E-state index in [1.807, 2.05) is 0 Å². The zero-order valence-electron chi connectivity index (χ0n) is 7.74. The van der Waals surface area contributed by atoms with Crippen LogP contribution in [0.2, 0.25) is 0 Å². The fraction of sp³-hybridized carbons (Fsp3) is 0.857. The van der Waals surface area contributed by atoms with Crippen molar-refractivity contribution in [2.45, 2.75) is 19.1 Å². The number of likely N-dealkylation sites (tertiary alicyclic amines) is 1. The van der Waals surface area contributed by atoms with E-state index in [2.05, 4.69) is 10.0 Å². The third kappa shape index (κ3) is 2.07. The monoisotopic (exact) mass is 200 g/mol. The molecule has 0 aliphatic carbocycles. The van der Waals surface area contributed by atoms with Crippen LogP contribution in [0.25, 0.3) is 10.4 Å². The van der Waals surface area contributed by atoms with Crippen LogP contribution in [-0.4, -0.2) is 46.4 Å². The Hall–Kier alpha value is -1.46. The first-order valence-electron chi connectivity index (χ1n) is 4.26. The third-order valence-electron chi connectivity index (χ3n) is 2.35. The minimum atomic E-state index is -1.06. The highest BCUT2D eigenvalue weighted by Crippen LogP contribution is 2.20. The van der Waals surface area contributed by atoms with Gasteiger partial charge in [0, 0.05) is 11.5 Å². The van der Waals surface area contributed by atoms with Gasteiger partial charge in [-0.3, -0.25) is 0 Å². The molecule has 0 aromatic rings. The van der Waals surface area contributed by atoms with Gasteiger partial charge in [-0.1, -0.05) is 12.0 Å². The zero-order valence-corrected chi connectivity index (χ0v) is 7.74. The number of carboxylic acid groups (broad SMARTS) is 1. The number of azide groups is 1. The number of aliphatic hydroxyl groups is 1. The molecule has 7 nitrogen and oxygen atoms in total. The van der Waals surface area contributed by atoms with Crippen LogP contribution in [0, 0.1) is 5.92 Å². The number of hydrogen-bond donors (Lipinski definition) is 2. The van der Waals surface area contributed by atoms with E-state index in [1.54, 1.807) is 6.92 Å². The van der Waals surface area contributed by atoms with Crippen LogP contribution < -0.4 is 0 Å². The van der Waals surface area contributed by atoms with Crippen molar-refractivity contribution in [1.29, 1.82) is 0 Å². The highest BCUT2D eigenvalue weighted by atomic mass is 16.4. The fourth-order valence-electron chi connectivity index (χ4n) is 1.65. The van der Waals surface area contributed by atoms with E-state index in [1.165, 1.54) is 0 Å². The summed E-state index contributed by atoms with van der Waals surface area (Å²) in [6, 6.07) is -0.532. The van der Waals surface area contributed by atoms with Gasteiger partial charge in [-0.25, -0.2) is 4.79 Å². The standard InChI is InChI=1S/C7H12N4O3/c1-4-2-11(7(13)14)3-5(12)6(4)9-10-8/h4-6,12H,2-3H2,1H3,(H,13,14). The van der Waals surface area contributed by atoms with Crippen LogP contribution in [0.1, 0.15) is 6.92 Å². The molecule has 0 aromatic heterocycles. The molecule has 7 heteroatoms. The van der Waals surface area contributed by atoms with Gasteiger partial charge in [0.15, 0.2) is 0 Å². The van der Waals surface area contributed by atoms with E-state index >= 15 is 0 Å². The molecular formula is C7H12N4O3. The Morgan fingerprint density at radius 2 is 2.29 bits per heavy atom. The molecule has 1 amide bonds. The number of amides is 1. The van der Waals surface area contributed by atoms with Gasteiger partial charge in [0.05, 0.1) is 18.7 Å². The molecule has 0 radical (unpaired) electrons. The van der Waals surface area contributed by atoms with Gasteiger partial charge in [0.25, 0.3) is 0 Å². The van der Waals surface area contributed by atoms with Gasteiger partial charge in [-0.15, -0.1) is 0 Å². The Balaban J connectivity index is 2.72. The van der Waals surface area contributed by atoms with Crippen molar-refractivity contribution >= 4 is 6.09 Å². The molecule has 0 aromatic carbocycles. The molecule has 3 unspecified atom stereocenters. The lowest BCUT2D eigenvalue weighted by molar-refractivity contribution is 0.0287. The maximum Gasteiger partial charge on any atom is 0.407 e. The lowest BCUT2D eigenvalue weighted by Crippen LogP contribution is -2.52. The summed E-state index contributed by atoms with van der Waals surface area (Å²) in [6.07, 6.45) is -1.97. The number of β-amino-alcohol motifs (C(OH)–C–C–N with tert-alkyl or cyclic N) is 1. The fourth-order valence-corrected chi connectivity index (χ4v) is 1.65. The van der Waals surface area contributed by atoms with Gasteiger partial charge in [0.2, 0.25) is 0 Å². The molecule has 1 fully saturated rings. The molecule has 1 heterocycles. The SMILES string of the molecule is CC1CN(C(=O)O)CC(O)C1N=[N+]=[N-]. The summed E-state index contributed by atoms with van der Waals surface area (Å²) >= 11 is 0. The quantitative estimate of drug-likeness (QED) is 0.368. The van der Waals surface area contributed by atoms with Crippen molar-refractivity contribution in [3.8, 4) is 0 Å². The first-order valence-corrected chi connectivity index (χ1v) is 4.26. The van der Waals surface area contributed by atoms with Crippen molar-refractivity contribution in [2.24, 2.45) is 11.0 Å². The molecule has 1 saturated heterocycles. The summed E-state index contributed by atoms with van der Waals surface area (Å²) in [5.41, 5.74) is 8.25. The molecule has 0 saturated carbocycles. The summed E-state index contributed by atoms with van der Waals surface area (Å²) in [5, 5.41) is 21.7. The largest absolute Gasteiger partial charge is 0.465 e. The van der Waals surface area contributed by atoms with Crippen LogP contribution in [-0.2, 0) is 0 Å². The Morgan fingerprint density at radius 3 is 2.71 bits per heavy atom. The molecule has 2 N–H and O–H groups in total. The minimum absolute atomic E-state index is 0.00333. The summed E-state index contributed by atoms with van der Waals surface area (Å²) < 4.78 is 0. The van der Waals surface area contributed by atoms with Crippen LogP contribution in [0.15, 0.2) is 5.11 Å². The maximum absolute atomic E-state index is 10.6. The van der Waals surface area contributed by atoms with Gasteiger partial charge in [-0.2, -0.15) is 0 Å². The average molecular weight is 200 g/mol. The van der Waals surface area contributed by atoms with Gasteiger partial charge in [-0.05, 0) is 11.4 Å². The van der Waals surface area contributed by atoms with Crippen LogP contribution >= 0.6 is 0 Å². The van der Waals surface area contributed by atoms with E-state index in [0.29, 0.717) is 0 Å². The third-order valence-corrected chi connectivity index (χ3v) is 2.35. The van der Waals surface area contributed by atoms with Crippen LogP contribution in [0.5, 0.6) is 0 Å². The first-order chi connectivity index (χ1) is 6.56. The first kappa shape index (κ1) is 10.6. The second-order valence-electron chi connectivity index (χ2n) is 3.43. The maximum atomic E-state index is 10.6. The van der Waals surface area contributed by atoms with Crippen molar-refractivity contribution < 1.29 is 15.0 Å². The van der Waals surface area contributed by atoms with E-state index in [0.717, 1.165) is 4.90 Å². The molecule has 3 atom stereocenters. The average Bonchev–Trinajstić information content (AvgIpc) is 2.10. The van der Waals surface area contributed by atoms with E-state index in [9.17, 15) is 9.90 Å². The molecule has 1 rings (SSSR count).